The Morgan fingerprint density at radius 1 is 1.12 bits per heavy atom. The van der Waals surface area contributed by atoms with Crippen molar-refractivity contribution in [1.82, 2.24) is 9.55 Å². The Kier molecular flexibility index (Phi) is 6.46. The molecule has 0 spiro atoms. The molecule has 1 aliphatic rings. The van der Waals surface area contributed by atoms with Crippen LogP contribution in [0.3, 0.4) is 0 Å². The van der Waals surface area contributed by atoms with Gasteiger partial charge < -0.3 is 14.0 Å². The number of benzene rings is 2. The summed E-state index contributed by atoms with van der Waals surface area (Å²) in [7, 11) is 0. The average molecular weight is 464 g/mol. The highest BCUT2D eigenvalue weighted by molar-refractivity contribution is 6.31. The first kappa shape index (κ1) is 22.6. The molecular formula is C23H24ClF2N3O3. The quantitative estimate of drug-likeness (QED) is 0.413. The van der Waals surface area contributed by atoms with Crippen molar-refractivity contribution in [2.75, 3.05) is 18.1 Å². The predicted octanol–water partition coefficient (Wildman–Crippen LogP) is 5.12. The van der Waals surface area contributed by atoms with Gasteiger partial charge in [-0.25, -0.2) is 4.98 Å². The molecule has 2 heterocycles. The number of fused-ring (bicyclic) bond motifs is 2. The lowest BCUT2D eigenvalue weighted by molar-refractivity contribution is -0.142. The molecule has 3 aromatic rings. The number of hydrogen-bond donors (Lipinski definition) is 0. The number of ether oxygens (including phenoxy) is 2. The normalized spacial score (nSPS) is 15.2. The summed E-state index contributed by atoms with van der Waals surface area (Å²) >= 11 is 6.14. The number of nitrogens with zero attached hydrogens (tertiary/aromatic N) is 3. The van der Waals surface area contributed by atoms with Crippen molar-refractivity contribution in [3.8, 4) is 0 Å². The number of carbonyl (C=O) groups excluding carboxylic acids is 1. The molecule has 9 heteroatoms. The number of imidazole rings is 1. The highest BCUT2D eigenvalue weighted by atomic mass is 35.5. The van der Waals surface area contributed by atoms with Crippen LogP contribution in [0, 0.1) is 0 Å². The summed E-state index contributed by atoms with van der Waals surface area (Å²) in [5, 5.41) is 0.518. The van der Waals surface area contributed by atoms with E-state index in [1.165, 1.54) is 18.2 Å². The molecule has 0 unspecified atom stereocenters. The molecule has 1 aromatic heterocycles. The first-order valence-corrected chi connectivity index (χ1v) is 10.9. The van der Waals surface area contributed by atoms with Crippen LogP contribution in [0.25, 0.3) is 11.0 Å². The number of aromatic nitrogens is 2. The number of alkyl halides is 2. The van der Waals surface area contributed by atoms with Gasteiger partial charge in [-0.1, -0.05) is 29.8 Å². The second-order valence-corrected chi connectivity index (χ2v) is 7.86. The Labute approximate surface area is 189 Å². The van der Waals surface area contributed by atoms with Crippen LogP contribution in [0.5, 0.6) is 0 Å². The topological polar surface area (TPSA) is 56.6 Å². The molecule has 170 valence electrons. The molecule has 0 saturated carbocycles. The number of hydrogen-bond acceptors (Lipinski definition) is 4. The van der Waals surface area contributed by atoms with E-state index in [1.54, 1.807) is 18.2 Å². The summed E-state index contributed by atoms with van der Waals surface area (Å²) in [6.45, 7) is 5.17. The van der Waals surface area contributed by atoms with Crippen LogP contribution in [-0.4, -0.2) is 35.0 Å². The predicted molar refractivity (Wildman–Crippen MR) is 118 cm³/mol. The van der Waals surface area contributed by atoms with Crippen molar-refractivity contribution in [1.29, 1.82) is 0 Å². The molecule has 2 aromatic carbocycles. The fourth-order valence-electron chi connectivity index (χ4n) is 4.01. The summed E-state index contributed by atoms with van der Waals surface area (Å²) < 4.78 is 42.4. The number of para-hydroxylation sites is 1. The minimum absolute atomic E-state index is 0.0916. The monoisotopic (exact) mass is 463 g/mol. The van der Waals surface area contributed by atoms with Gasteiger partial charge in [-0.2, -0.15) is 8.78 Å². The summed E-state index contributed by atoms with van der Waals surface area (Å²) in [4.78, 5) is 18.3. The van der Waals surface area contributed by atoms with Crippen LogP contribution in [0.15, 0.2) is 42.5 Å². The Bertz CT molecular complexity index is 1130. The largest absolute Gasteiger partial charge is 0.353 e. The average Bonchev–Trinajstić information content (AvgIpc) is 3.20. The number of aryl methyl sites for hydroxylation is 1. The van der Waals surface area contributed by atoms with Gasteiger partial charge in [-0.3, -0.25) is 9.69 Å². The maximum absolute atomic E-state index is 14.6. The molecule has 0 bridgehead atoms. The van der Waals surface area contributed by atoms with Crippen molar-refractivity contribution in [2.45, 2.75) is 45.6 Å². The number of halogens is 3. The maximum Gasteiger partial charge on any atom is 0.352 e. The van der Waals surface area contributed by atoms with Crippen molar-refractivity contribution in [3.05, 3.63) is 58.9 Å². The minimum Gasteiger partial charge on any atom is -0.353 e. The molecule has 0 fully saturated rings. The SMILES string of the molecule is CCOC(CCn1c(CN2C(=O)C(F)(F)c3ccccc32)nc2cc(Cl)ccc21)OCC. The van der Waals surface area contributed by atoms with Gasteiger partial charge in [0.1, 0.15) is 5.82 Å². The molecule has 0 radical (unpaired) electrons. The fraction of sp³-hybridized carbons (Fsp3) is 0.391. The van der Waals surface area contributed by atoms with Gasteiger partial charge in [0.15, 0.2) is 6.29 Å². The third-order valence-electron chi connectivity index (χ3n) is 5.43. The van der Waals surface area contributed by atoms with E-state index < -0.39 is 18.1 Å². The van der Waals surface area contributed by atoms with E-state index in [2.05, 4.69) is 4.98 Å². The van der Waals surface area contributed by atoms with E-state index in [9.17, 15) is 13.6 Å². The van der Waals surface area contributed by atoms with E-state index in [-0.39, 0.29) is 17.8 Å². The standard InChI is InChI=1S/C23H24ClF2N3O3/c1-3-31-21(32-4-2)11-12-28-19-10-9-15(24)13-17(19)27-20(28)14-29-18-8-6-5-7-16(18)23(25,26)22(29)30/h5-10,13,21H,3-4,11-12,14H2,1-2H3. The van der Waals surface area contributed by atoms with Gasteiger partial charge in [-0.15, -0.1) is 0 Å². The molecular weight excluding hydrogens is 440 g/mol. The van der Waals surface area contributed by atoms with E-state index in [4.69, 9.17) is 21.1 Å². The van der Waals surface area contributed by atoms with Crippen LogP contribution < -0.4 is 4.90 Å². The molecule has 1 aliphatic heterocycles. The van der Waals surface area contributed by atoms with Gasteiger partial charge in [0.2, 0.25) is 0 Å². The van der Waals surface area contributed by atoms with Gasteiger partial charge >= 0.3 is 11.8 Å². The molecule has 32 heavy (non-hydrogen) atoms. The molecule has 0 N–H and O–H groups in total. The lowest BCUT2D eigenvalue weighted by atomic mass is 10.1. The zero-order valence-corrected chi connectivity index (χ0v) is 18.6. The maximum atomic E-state index is 14.6. The first-order chi connectivity index (χ1) is 15.4. The van der Waals surface area contributed by atoms with Gasteiger partial charge in [0.05, 0.1) is 28.8 Å². The van der Waals surface area contributed by atoms with E-state index >= 15 is 0 Å². The first-order valence-electron chi connectivity index (χ1n) is 10.5. The molecule has 0 atom stereocenters. The third kappa shape index (κ3) is 4.10. The van der Waals surface area contributed by atoms with Crippen LogP contribution in [0.4, 0.5) is 14.5 Å². The third-order valence-corrected chi connectivity index (χ3v) is 5.66. The molecule has 0 aliphatic carbocycles. The minimum atomic E-state index is -3.56. The summed E-state index contributed by atoms with van der Waals surface area (Å²) in [6, 6.07) is 11.2. The van der Waals surface area contributed by atoms with Crippen molar-refractivity contribution >= 4 is 34.2 Å². The number of anilines is 1. The Morgan fingerprint density at radius 2 is 1.84 bits per heavy atom. The highest BCUT2D eigenvalue weighted by Crippen LogP contribution is 2.44. The molecule has 1 amide bonds. The van der Waals surface area contributed by atoms with Gasteiger partial charge in [0.25, 0.3) is 0 Å². The molecule has 6 nitrogen and oxygen atoms in total. The van der Waals surface area contributed by atoms with Crippen LogP contribution in [-0.2, 0) is 33.3 Å². The van der Waals surface area contributed by atoms with Crippen molar-refractivity contribution in [2.24, 2.45) is 0 Å². The van der Waals surface area contributed by atoms with Crippen LogP contribution in [0.2, 0.25) is 5.02 Å². The summed E-state index contributed by atoms with van der Waals surface area (Å²) in [5.74, 6) is -4.34. The van der Waals surface area contributed by atoms with E-state index in [1.807, 2.05) is 24.5 Å². The van der Waals surface area contributed by atoms with Crippen molar-refractivity contribution in [3.63, 3.8) is 0 Å². The second-order valence-electron chi connectivity index (χ2n) is 7.42. The summed E-state index contributed by atoms with van der Waals surface area (Å²) in [6.07, 6.45) is 0.129. The Morgan fingerprint density at radius 3 is 2.56 bits per heavy atom. The zero-order chi connectivity index (χ0) is 22.9. The second kappa shape index (κ2) is 9.13. The Balaban J connectivity index is 1.69. The zero-order valence-electron chi connectivity index (χ0n) is 17.9. The van der Waals surface area contributed by atoms with Gasteiger partial charge in [0, 0.05) is 31.2 Å². The lowest BCUT2D eigenvalue weighted by Gasteiger charge is -2.20. The highest BCUT2D eigenvalue weighted by Gasteiger charge is 2.52. The number of amides is 1. The molecule has 4 rings (SSSR count). The number of rotatable bonds is 9. The van der Waals surface area contributed by atoms with Crippen molar-refractivity contribution < 1.29 is 23.0 Å². The van der Waals surface area contributed by atoms with Crippen LogP contribution >= 0.6 is 11.6 Å². The fourth-order valence-corrected chi connectivity index (χ4v) is 4.18. The lowest BCUT2D eigenvalue weighted by Crippen LogP contribution is -2.35. The smallest absolute Gasteiger partial charge is 0.352 e. The number of carbonyl (C=O) groups is 1. The van der Waals surface area contributed by atoms with E-state index in [0.29, 0.717) is 42.5 Å². The van der Waals surface area contributed by atoms with Gasteiger partial charge in [-0.05, 0) is 38.1 Å². The van der Waals surface area contributed by atoms with Crippen LogP contribution in [0.1, 0.15) is 31.7 Å². The Hall–Kier alpha value is -2.55. The van der Waals surface area contributed by atoms with E-state index in [0.717, 1.165) is 10.4 Å². The summed E-state index contributed by atoms with van der Waals surface area (Å²) in [5.41, 5.74) is 1.33. The molecule has 0 saturated heterocycles.